The Labute approximate surface area is 170 Å². The van der Waals surface area contributed by atoms with Gasteiger partial charge in [-0.05, 0) is 36.2 Å². The predicted molar refractivity (Wildman–Crippen MR) is 113 cm³/mol. The molecule has 29 heavy (non-hydrogen) atoms. The fourth-order valence-corrected chi connectivity index (χ4v) is 2.85. The number of methoxy groups -OCH3 is 2. The number of amides is 1. The van der Waals surface area contributed by atoms with Crippen LogP contribution >= 0.6 is 0 Å². The zero-order chi connectivity index (χ0) is 20.6. The van der Waals surface area contributed by atoms with E-state index in [-0.39, 0.29) is 5.91 Å². The molecule has 0 aliphatic rings. The largest absolute Gasteiger partial charge is 0.493 e. The molecule has 0 unspecified atom stereocenters. The van der Waals surface area contributed by atoms with Gasteiger partial charge in [0.05, 0.1) is 19.8 Å². The van der Waals surface area contributed by atoms with E-state index < -0.39 is 0 Å². The first-order chi connectivity index (χ1) is 14.1. The lowest BCUT2D eigenvalue weighted by Crippen LogP contribution is -2.26. The van der Waals surface area contributed by atoms with Crippen LogP contribution in [0, 0.1) is 0 Å². The van der Waals surface area contributed by atoms with Crippen LogP contribution in [0.25, 0.3) is 0 Å². The first-order valence-electron chi connectivity index (χ1n) is 9.22. The van der Waals surface area contributed by atoms with E-state index in [1.165, 1.54) is 12.4 Å². The van der Waals surface area contributed by atoms with Crippen molar-refractivity contribution in [1.82, 2.24) is 9.97 Å². The molecular formula is C22H24N4O3. The molecule has 7 nitrogen and oxygen atoms in total. The van der Waals surface area contributed by atoms with Crippen molar-refractivity contribution in [3.8, 4) is 11.5 Å². The number of nitrogens with one attached hydrogen (secondary N) is 1. The summed E-state index contributed by atoms with van der Waals surface area (Å²) in [6, 6.07) is 15.3. The minimum absolute atomic E-state index is 0.159. The number of aromatic nitrogens is 2. The molecule has 1 aromatic heterocycles. The molecule has 3 aromatic rings. The molecule has 0 bridgehead atoms. The Bertz CT molecular complexity index is 946. The molecule has 0 radical (unpaired) electrons. The third-order valence-corrected chi connectivity index (χ3v) is 4.49. The highest BCUT2D eigenvalue weighted by atomic mass is 16.5. The van der Waals surface area contributed by atoms with Crippen LogP contribution in [0.5, 0.6) is 11.5 Å². The number of para-hydroxylation sites is 1. The minimum Gasteiger partial charge on any atom is -0.493 e. The predicted octanol–water partition coefficient (Wildman–Crippen LogP) is 3.43. The van der Waals surface area contributed by atoms with Crippen LogP contribution in [0.1, 0.15) is 15.9 Å². The van der Waals surface area contributed by atoms with Gasteiger partial charge in [0.15, 0.2) is 11.5 Å². The molecule has 0 spiro atoms. The highest BCUT2D eigenvalue weighted by Gasteiger charge is 2.14. The topological polar surface area (TPSA) is 76.6 Å². The van der Waals surface area contributed by atoms with Crippen LogP contribution in [0.3, 0.4) is 0 Å². The Balaban J connectivity index is 1.56. The average molecular weight is 392 g/mol. The monoisotopic (exact) mass is 392 g/mol. The lowest BCUT2D eigenvalue weighted by molar-refractivity contribution is 0.0992. The summed E-state index contributed by atoms with van der Waals surface area (Å²) in [6.07, 6.45) is 3.84. The maximum atomic E-state index is 12.6. The van der Waals surface area contributed by atoms with E-state index in [1.807, 2.05) is 48.5 Å². The smallest absolute Gasteiger partial charge is 0.261 e. The summed E-state index contributed by atoms with van der Waals surface area (Å²) < 4.78 is 10.6. The lowest BCUT2D eigenvalue weighted by atomic mass is 10.1. The first-order valence-corrected chi connectivity index (χ1v) is 9.22. The van der Waals surface area contributed by atoms with Gasteiger partial charge in [0.25, 0.3) is 5.91 Å². The normalized spacial score (nSPS) is 10.3. The van der Waals surface area contributed by atoms with Crippen LogP contribution in [-0.4, -0.2) is 43.7 Å². The Morgan fingerprint density at radius 3 is 2.34 bits per heavy atom. The molecule has 1 N–H and O–H groups in total. The van der Waals surface area contributed by atoms with Crippen LogP contribution in [0.15, 0.2) is 60.9 Å². The molecule has 0 atom stereocenters. The van der Waals surface area contributed by atoms with Gasteiger partial charge in [-0.1, -0.05) is 24.3 Å². The van der Waals surface area contributed by atoms with Gasteiger partial charge in [0, 0.05) is 31.7 Å². The number of rotatable bonds is 8. The lowest BCUT2D eigenvalue weighted by Gasteiger charge is -2.17. The highest BCUT2D eigenvalue weighted by molar-refractivity contribution is 6.05. The highest BCUT2D eigenvalue weighted by Crippen LogP contribution is 2.27. The third-order valence-electron chi connectivity index (χ3n) is 4.49. The van der Waals surface area contributed by atoms with E-state index in [0.29, 0.717) is 29.6 Å². The van der Waals surface area contributed by atoms with Crippen molar-refractivity contribution in [3.05, 3.63) is 72.1 Å². The van der Waals surface area contributed by atoms with Crippen molar-refractivity contribution in [2.45, 2.75) is 6.42 Å². The van der Waals surface area contributed by atoms with Gasteiger partial charge in [-0.2, -0.15) is 0 Å². The number of anilines is 2. The Kier molecular flexibility index (Phi) is 6.63. The number of carbonyl (C=O) groups is 1. The summed E-state index contributed by atoms with van der Waals surface area (Å²) >= 11 is 0. The second kappa shape index (κ2) is 9.54. The molecule has 150 valence electrons. The quantitative estimate of drug-likeness (QED) is 0.633. The molecule has 7 heteroatoms. The summed E-state index contributed by atoms with van der Waals surface area (Å²) in [5.74, 6) is 1.72. The van der Waals surface area contributed by atoms with Gasteiger partial charge in [-0.15, -0.1) is 0 Å². The number of nitrogens with zero attached hydrogens (tertiary/aromatic N) is 3. The number of hydrogen-bond acceptors (Lipinski definition) is 6. The standard InChI is InChI=1S/C22H24N4O3/c1-26(18-7-5-4-6-8-18)21(27)17-14-24-22(25-15-17)23-12-11-16-9-10-19(28-2)20(13-16)29-3/h4-10,13-15H,11-12H2,1-3H3,(H,23,24,25). The molecule has 0 fully saturated rings. The van der Waals surface area contributed by atoms with Gasteiger partial charge in [-0.3, -0.25) is 4.79 Å². The fourth-order valence-electron chi connectivity index (χ4n) is 2.85. The molecule has 1 amide bonds. The maximum Gasteiger partial charge on any atom is 0.261 e. The van der Waals surface area contributed by atoms with Crippen LogP contribution < -0.4 is 19.7 Å². The SMILES string of the molecule is COc1ccc(CCNc2ncc(C(=O)N(C)c3ccccc3)cn2)cc1OC. The molecular weight excluding hydrogens is 368 g/mol. The summed E-state index contributed by atoms with van der Waals surface area (Å²) in [5.41, 5.74) is 2.35. The third kappa shape index (κ3) is 5.01. The molecule has 1 heterocycles. The van der Waals surface area contributed by atoms with Crippen LogP contribution in [0.4, 0.5) is 11.6 Å². The second-order valence-electron chi connectivity index (χ2n) is 6.36. The van der Waals surface area contributed by atoms with E-state index in [9.17, 15) is 4.79 Å². The maximum absolute atomic E-state index is 12.6. The number of carbonyl (C=O) groups excluding carboxylic acids is 1. The Hall–Kier alpha value is -3.61. The number of hydrogen-bond donors (Lipinski definition) is 1. The van der Waals surface area contributed by atoms with E-state index >= 15 is 0 Å². The van der Waals surface area contributed by atoms with E-state index in [1.54, 1.807) is 26.2 Å². The number of benzene rings is 2. The van der Waals surface area contributed by atoms with Crippen molar-refractivity contribution in [2.24, 2.45) is 0 Å². The molecule has 0 aliphatic carbocycles. The Morgan fingerprint density at radius 1 is 1.00 bits per heavy atom. The molecule has 0 saturated carbocycles. The van der Waals surface area contributed by atoms with Crippen LogP contribution in [0.2, 0.25) is 0 Å². The van der Waals surface area contributed by atoms with Gasteiger partial charge >= 0.3 is 0 Å². The van der Waals surface area contributed by atoms with Crippen molar-refractivity contribution in [3.63, 3.8) is 0 Å². The average Bonchev–Trinajstić information content (AvgIpc) is 2.79. The van der Waals surface area contributed by atoms with Gasteiger partial charge in [0.2, 0.25) is 5.95 Å². The van der Waals surface area contributed by atoms with Crippen molar-refractivity contribution >= 4 is 17.5 Å². The summed E-state index contributed by atoms with van der Waals surface area (Å²) in [6.45, 7) is 0.646. The van der Waals surface area contributed by atoms with Crippen molar-refractivity contribution < 1.29 is 14.3 Å². The summed E-state index contributed by atoms with van der Waals surface area (Å²) in [5, 5.41) is 3.17. The number of ether oxygens (including phenoxy) is 2. The van der Waals surface area contributed by atoms with Crippen LogP contribution in [-0.2, 0) is 6.42 Å². The first kappa shape index (κ1) is 20.1. The van der Waals surface area contributed by atoms with Crippen molar-refractivity contribution in [1.29, 1.82) is 0 Å². The zero-order valence-electron chi connectivity index (χ0n) is 16.8. The minimum atomic E-state index is -0.159. The zero-order valence-corrected chi connectivity index (χ0v) is 16.8. The van der Waals surface area contributed by atoms with E-state index in [0.717, 1.165) is 17.7 Å². The second-order valence-corrected chi connectivity index (χ2v) is 6.36. The van der Waals surface area contributed by atoms with Crippen molar-refractivity contribution in [2.75, 3.05) is 38.0 Å². The van der Waals surface area contributed by atoms with E-state index in [2.05, 4.69) is 15.3 Å². The van der Waals surface area contributed by atoms with Gasteiger partial charge in [-0.25, -0.2) is 9.97 Å². The molecule has 0 aliphatic heterocycles. The fraction of sp³-hybridized carbons (Fsp3) is 0.227. The summed E-state index contributed by atoms with van der Waals surface area (Å²) in [7, 11) is 4.96. The molecule has 2 aromatic carbocycles. The van der Waals surface area contributed by atoms with Gasteiger partial charge in [0.1, 0.15) is 0 Å². The Morgan fingerprint density at radius 2 is 1.69 bits per heavy atom. The summed E-state index contributed by atoms with van der Waals surface area (Å²) in [4.78, 5) is 22.7. The molecule has 3 rings (SSSR count). The van der Waals surface area contributed by atoms with Gasteiger partial charge < -0.3 is 19.7 Å². The van der Waals surface area contributed by atoms with E-state index in [4.69, 9.17) is 9.47 Å². The molecule has 0 saturated heterocycles.